The fourth-order valence-electron chi connectivity index (χ4n) is 3.05. The van der Waals surface area contributed by atoms with Crippen molar-refractivity contribution in [3.05, 3.63) is 66.0 Å². The maximum Gasteiger partial charge on any atom is 0.317 e. The van der Waals surface area contributed by atoms with E-state index in [4.69, 9.17) is 0 Å². The Hall–Kier alpha value is -2.82. The lowest BCUT2D eigenvalue weighted by Gasteiger charge is -2.38. The number of imidazole rings is 1. The van der Waals surface area contributed by atoms with Crippen LogP contribution in [0.4, 0.5) is 4.79 Å². The van der Waals surface area contributed by atoms with Gasteiger partial charge in [-0.3, -0.25) is 0 Å². The first-order chi connectivity index (χ1) is 11.8. The Labute approximate surface area is 140 Å². The van der Waals surface area contributed by atoms with Crippen molar-refractivity contribution in [2.24, 2.45) is 0 Å². The molecule has 2 N–H and O–H groups in total. The minimum Gasteiger partial charge on any atom is -0.342 e. The van der Waals surface area contributed by atoms with Gasteiger partial charge in [0.2, 0.25) is 0 Å². The van der Waals surface area contributed by atoms with Crippen LogP contribution in [0.2, 0.25) is 0 Å². The van der Waals surface area contributed by atoms with Crippen molar-refractivity contribution < 1.29 is 4.79 Å². The van der Waals surface area contributed by atoms with Crippen LogP contribution < -0.4 is 5.32 Å². The molecule has 1 aromatic heterocycles. The summed E-state index contributed by atoms with van der Waals surface area (Å²) in [6.07, 6.45) is 0.855. The third-order valence-electron chi connectivity index (χ3n) is 4.50. The van der Waals surface area contributed by atoms with Gasteiger partial charge in [0.05, 0.1) is 17.0 Å². The van der Waals surface area contributed by atoms with Gasteiger partial charge in [0, 0.05) is 19.6 Å². The first-order valence-corrected chi connectivity index (χ1v) is 8.31. The highest BCUT2D eigenvalue weighted by atomic mass is 16.2. The topological polar surface area (TPSA) is 61.0 Å². The molecular weight excluding hydrogens is 300 g/mol. The normalized spacial score (nSPS) is 14.6. The van der Waals surface area contributed by atoms with E-state index in [1.807, 2.05) is 47.4 Å². The van der Waals surface area contributed by atoms with Crippen LogP contribution in [-0.4, -0.2) is 40.5 Å². The van der Waals surface area contributed by atoms with E-state index in [-0.39, 0.29) is 6.03 Å². The molecule has 1 fully saturated rings. The number of hydrogen-bond donors (Lipinski definition) is 2. The summed E-state index contributed by atoms with van der Waals surface area (Å²) in [5, 5.41) is 2.99. The number of rotatable bonds is 4. The molecule has 3 aromatic rings. The lowest BCUT2D eigenvalue weighted by molar-refractivity contribution is 0.149. The Morgan fingerprint density at radius 2 is 1.88 bits per heavy atom. The van der Waals surface area contributed by atoms with Crippen molar-refractivity contribution in [2.75, 3.05) is 19.6 Å². The third kappa shape index (κ3) is 2.97. The van der Waals surface area contributed by atoms with Crippen LogP contribution in [0.25, 0.3) is 11.0 Å². The number of aromatic amines is 1. The molecule has 5 heteroatoms. The molecule has 2 aromatic carbocycles. The highest BCUT2D eigenvalue weighted by Gasteiger charge is 2.33. The fourth-order valence-corrected chi connectivity index (χ4v) is 3.05. The van der Waals surface area contributed by atoms with E-state index in [9.17, 15) is 4.79 Å². The summed E-state index contributed by atoms with van der Waals surface area (Å²) in [6.45, 7) is 2.10. The molecule has 0 radical (unpaired) electrons. The zero-order valence-corrected chi connectivity index (χ0v) is 13.4. The molecular formula is C19H20N4O. The molecule has 0 unspecified atom stereocenters. The number of nitrogens with one attached hydrogen (secondary N) is 2. The van der Waals surface area contributed by atoms with Gasteiger partial charge in [0.1, 0.15) is 5.82 Å². The SMILES string of the molecule is O=C(NCCc1ccccc1)N1CC(c2nc3ccccc3[nH]2)C1. The number of H-pyrrole nitrogens is 1. The molecule has 0 bridgehead atoms. The van der Waals surface area contributed by atoms with E-state index < -0.39 is 0 Å². The van der Waals surface area contributed by atoms with Crippen molar-refractivity contribution in [3.63, 3.8) is 0 Å². The van der Waals surface area contributed by atoms with Crippen molar-refractivity contribution >= 4 is 17.1 Å². The summed E-state index contributed by atoms with van der Waals surface area (Å²) in [5.41, 5.74) is 3.28. The maximum atomic E-state index is 12.1. The van der Waals surface area contributed by atoms with E-state index in [0.717, 1.165) is 36.4 Å². The van der Waals surface area contributed by atoms with Crippen LogP contribution in [0, 0.1) is 0 Å². The highest BCUT2D eigenvalue weighted by molar-refractivity contribution is 5.76. The predicted octanol–water partition coefficient (Wildman–Crippen LogP) is 2.91. The summed E-state index contributed by atoms with van der Waals surface area (Å²) >= 11 is 0. The minimum atomic E-state index is 0.0123. The van der Waals surface area contributed by atoms with Gasteiger partial charge in [-0.2, -0.15) is 0 Å². The van der Waals surface area contributed by atoms with Crippen molar-refractivity contribution in [1.82, 2.24) is 20.2 Å². The number of carbonyl (C=O) groups excluding carboxylic acids is 1. The number of para-hydroxylation sites is 2. The quantitative estimate of drug-likeness (QED) is 0.776. The number of urea groups is 1. The molecule has 24 heavy (non-hydrogen) atoms. The van der Waals surface area contributed by atoms with Crippen LogP contribution in [0.15, 0.2) is 54.6 Å². The molecule has 1 aliphatic heterocycles. The van der Waals surface area contributed by atoms with Gasteiger partial charge in [-0.15, -0.1) is 0 Å². The molecule has 0 spiro atoms. The van der Waals surface area contributed by atoms with Crippen LogP contribution in [0.3, 0.4) is 0 Å². The van der Waals surface area contributed by atoms with Gasteiger partial charge in [-0.25, -0.2) is 9.78 Å². The molecule has 0 atom stereocenters. The number of likely N-dealkylation sites (tertiary alicyclic amines) is 1. The summed E-state index contributed by atoms with van der Waals surface area (Å²) in [4.78, 5) is 22.0. The highest BCUT2D eigenvalue weighted by Crippen LogP contribution is 2.26. The molecule has 2 amide bonds. The number of nitrogens with zero attached hydrogens (tertiary/aromatic N) is 2. The van der Waals surface area contributed by atoms with E-state index >= 15 is 0 Å². The number of fused-ring (bicyclic) bond motifs is 1. The first-order valence-electron chi connectivity index (χ1n) is 8.31. The molecule has 4 rings (SSSR count). The zero-order chi connectivity index (χ0) is 16.4. The number of hydrogen-bond acceptors (Lipinski definition) is 2. The van der Waals surface area contributed by atoms with Crippen LogP contribution in [0.1, 0.15) is 17.3 Å². The van der Waals surface area contributed by atoms with Crippen molar-refractivity contribution in [1.29, 1.82) is 0 Å². The second-order valence-electron chi connectivity index (χ2n) is 6.21. The fraction of sp³-hybridized carbons (Fsp3) is 0.263. The van der Waals surface area contributed by atoms with E-state index in [1.54, 1.807) is 0 Å². The molecule has 2 heterocycles. The molecule has 122 valence electrons. The van der Waals surface area contributed by atoms with Gasteiger partial charge < -0.3 is 15.2 Å². The van der Waals surface area contributed by atoms with Gasteiger partial charge >= 0.3 is 6.03 Å². The van der Waals surface area contributed by atoms with Crippen LogP contribution in [0.5, 0.6) is 0 Å². The van der Waals surface area contributed by atoms with Crippen molar-refractivity contribution in [2.45, 2.75) is 12.3 Å². The lowest BCUT2D eigenvalue weighted by atomic mass is 10.0. The maximum absolute atomic E-state index is 12.1. The van der Waals surface area contributed by atoms with E-state index in [2.05, 4.69) is 27.4 Å². The summed E-state index contributed by atoms with van der Waals surface area (Å²) in [5.74, 6) is 1.28. The smallest absolute Gasteiger partial charge is 0.317 e. The molecule has 0 saturated carbocycles. The zero-order valence-electron chi connectivity index (χ0n) is 13.4. The first kappa shape index (κ1) is 14.8. The summed E-state index contributed by atoms with van der Waals surface area (Å²) in [6, 6.07) is 18.2. The summed E-state index contributed by atoms with van der Waals surface area (Å²) < 4.78 is 0. The molecule has 1 saturated heterocycles. The number of aromatic nitrogens is 2. The molecule has 0 aliphatic carbocycles. The Kier molecular flexibility index (Phi) is 3.91. The second-order valence-corrected chi connectivity index (χ2v) is 6.21. The van der Waals surface area contributed by atoms with E-state index in [0.29, 0.717) is 12.5 Å². The van der Waals surface area contributed by atoms with Gasteiger partial charge in [-0.05, 0) is 24.1 Å². The summed E-state index contributed by atoms with van der Waals surface area (Å²) in [7, 11) is 0. The Balaban J connectivity index is 1.26. The van der Waals surface area contributed by atoms with Gasteiger partial charge in [0.15, 0.2) is 0 Å². The minimum absolute atomic E-state index is 0.0123. The third-order valence-corrected chi connectivity index (χ3v) is 4.50. The Bertz CT molecular complexity index is 804. The standard InChI is InChI=1S/C19H20N4O/c24-19(20-11-10-14-6-2-1-3-7-14)23-12-15(13-23)18-21-16-8-4-5-9-17(16)22-18/h1-9,15H,10-13H2,(H,20,24)(H,21,22). The number of amides is 2. The predicted molar refractivity (Wildman–Crippen MR) is 94.0 cm³/mol. The van der Waals surface area contributed by atoms with Crippen molar-refractivity contribution in [3.8, 4) is 0 Å². The molecule has 5 nitrogen and oxygen atoms in total. The lowest BCUT2D eigenvalue weighted by Crippen LogP contribution is -2.53. The van der Waals surface area contributed by atoms with Crippen LogP contribution >= 0.6 is 0 Å². The van der Waals surface area contributed by atoms with Crippen LogP contribution in [-0.2, 0) is 6.42 Å². The Morgan fingerprint density at radius 3 is 2.67 bits per heavy atom. The van der Waals surface area contributed by atoms with Gasteiger partial charge in [-0.1, -0.05) is 42.5 Å². The van der Waals surface area contributed by atoms with Gasteiger partial charge in [0.25, 0.3) is 0 Å². The molecule has 1 aliphatic rings. The average Bonchev–Trinajstić information content (AvgIpc) is 2.98. The largest absolute Gasteiger partial charge is 0.342 e. The average molecular weight is 320 g/mol. The number of carbonyl (C=O) groups is 1. The Morgan fingerprint density at radius 1 is 1.12 bits per heavy atom. The van der Waals surface area contributed by atoms with E-state index in [1.165, 1.54) is 5.56 Å². The monoisotopic (exact) mass is 320 g/mol. The second kappa shape index (κ2) is 6.35. The number of benzene rings is 2.